The van der Waals surface area contributed by atoms with Crippen LogP contribution >= 0.6 is 0 Å². The van der Waals surface area contributed by atoms with E-state index in [1.165, 1.54) is 0 Å². The number of aromatic nitrogens is 2. The molecule has 1 aromatic heterocycles. The molecule has 0 aliphatic carbocycles. The number of carbonyl (C=O) groups is 1. The summed E-state index contributed by atoms with van der Waals surface area (Å²) in [7, 11) is 1.57. The normalized spacial score (nSPS) is 12.3. The Hall–Kier alpha value is -5.37. The van der Waals surface area contributed by atoms with Crippen molar-refractivity contribution >= 4 is 23.5 Å². The van der Waals surface area contributed by atoms with E-state index in [4.69, 9.17) is 19.3 Å². The number of para-hydroxylation sites is 3. The first-order valence-electron chi connectivity index (χ1n) is 12.8. The van der Waals surface area contributed by atoms with Crippen molar-refractivity contribution in [2.75, 3.05) is 25.6 Å². The number of rotatable bonds is 7. The van der Waals surface area contributed by atoms with E-state index < -0.39 is 0 Å². The quantitative estimate of drug-likeness (QED) is 0.249. The van der Waals surface area contributed by atoms with E-state index >= 15 is 0 Å². The third kappa shape index (κ3) is 5.28. The minimum Gasteiger partial charge on any atom is -0.495 e. The molecule has 0 spiro atoms. The van der Waals surface area contributed by atoms with Crippen molar-refractivity contribution in [1.82, 2.24) is 9.78 Å². The monoisotopic (exact) mass is 530 g/mol. The summed E-state index contributed by atoms with van der Waals surface area (Å²) >= 11 is 0. The third-order valence-electron chi connectivity index (χ3n) is 6.42. The third-order valence-corrected chi connectivity index (χ3v) is 6.42. The summed E-state index contributed by atoms with van der Waals surface area (Å²) in [6.07, 6.45) is 3.72. The van der Waals surface area contributed by atoms with Crippen LogP contribution in [0.25, 0.3) is 16.9 Å². The molecule has 4 aromatic carbocycles. The molecule has 0 atom stereocenters. The lowest BCUT2D eigenvalue weighted by molar-refractivity contribution is 0.102. The fourth-order valence-electron chi connectivity index (χ4n) is 4.40. The van der Waals surface area contributed by atoms with Gasteiger partial charge >= 0.3 is 0 Å². The molecule has 0 fully saturated rings. The number of ether oxygens (including phenoxy) is 3. The average molecular weight is 531 g/mol. The molecule has 0 saturated carbocycles. The van der Waals surface area contributed by atoms with Gasteiger partial charge in [0.05, 0.1) is 24.2 Å². The second-order valence-corrected chi connectivity index (χ2v) is 9.03. The highest BCUT2D eigenvalue weighted by molar-refractivity contribution is 6.05. The summed E-state index contributed by atoms with van der Waals surface area (Å²) in [5.74, 6) is 1.79. The minimum absolute atomic E-state index is 0.231. The second-order valence-electron chi connectivity index (χ2n) is 9.03. The maximum absolute atomic E-state index is 12.8. The Balaban J connectivity index is 1.27. The number of amides is 1. The molecular formula is C32H26N4O4. The summed E-state index contributed by atoms with van der Waals surface area (Å²) in [4.78, 5) is 17.5. The topological polar surface area (TPSA) is 87.0 Å². The maximum atomic E-state index is 12.8. The van der Waals surface area contributed by atoms with Gasteiger partial charge in [-0.1, -0.05) is 30.3 Å². The lowest BCUT2D eigenvalue weighted by Gasteiger charge is -2.18. The first-order valence-corrected chi connectivity index (χ1v) is 12.8. The van der Waals surface area contributed by atoms with E-state index in [0.717, 1.165) is 28.3 Å². The molecule has 1 aliphatic heterocycles. The Morgan fingerprint density at radius 2 is 1.68 bits per heavy atom. The zero-order chi connectivity index (χ0) is 27.3. The lowest BCUT2D eigenvalue weighted by Crippen LogP contribution is -2.15. The molecule has 8 nitrogen and oxygen atoms in total. The highest BCUT2D eigenvalue weighted by Crippen LogP contribution is 2.35. The summed E-state index contributed by atoms with van der Waals surface area (Å²) in [6.45, 7) is 1.05. The predicted octanol–water partition coefficient (Wildman–Crippen LogP) is 6.32. The molecule has 1 amide bonds. The first-order chi connectivity index (χ1) is 19.7. The molecule has 1 aliphatic rings. The fraction of sp³-hybridized carbons (Fsp3) is 0.0938. The molecule has 2 heterocycles. The van der Waals surface area contributed by atoms with E-state index in [0.29, 0.717) is 41.7 Å². The number of hydrogen-bond acceptors (Lipinski definition) is 6. The van der Waals surface area contributed by atoms with Gasteiger partial charge in [-0.3, -0.25) is 9.79 Å². The molecule has 6 rings (SSSR count). The van der Waals surface area contributed by atoms with Gasteiger partial charge in [0.1, 0.15) is 24.7 Å². The van der Waals surface area contributed by atoms with E-state index in [-0.39, 0.29) is 5.91 Å². The van der Waals surface area contributed by atoms with Crippen molar-refractivity contribution in [1.29, 1.82) is 0 Å². The van der Waals surface area contributed by atoms with Gasteiger partial charge in [-0.25, -0.2) is 4.68 Å². The largest absolute Gasteiger partial charge is 0.495 e. The smallest absolute Gasteiger partial charge is 0.255 e. The van der Waals surface area contributed by atoms with Crippen LogP contribution in [0.1, 0.15) is 15.9 Å². The van der Waals surface area contributed by atoms with Crippen LogP contribution in [0.4, 0.5) is 11.4 Å². The van der Waals surface area contributed by atoms with Crippen molar-refractivity contribution < 1.29 is 19.0 Å². The molecule has 1 N–H and O–H groups in total. The highest BCUT2D eigenvalue weighted by atomic mass is 16.6. The van der Waals surface area contributed by atoms with E-state index in [9.17, 15) is 4.79 Å². The molecule has 0 saturated heterocycles. The van der Waals surface area contributed by atoms with Gasteiger partial charge in [0, 0.05) is 29.1 Å². The number of nitrogens with one attached hydrogen (secondary N) is 1. The van der Waals surface area contributed by atoms with E-state index in [1.54, 1.807) is 49.7 Å². The van der Waals surface area contributed by atoms with Gasteiger partial charge < -0.3 is 19.5 Å². The summed E-state index contributed by atoms with van der Waals surface area (Å²) in [5.41, 5.74) is 5.25. The molecular weight excluding hydrogens is 504 g/mol. The van der Waals surface area contributed by atoms with Crippen molar-refractivity contribution in [3.8, 4) is 34.2 Å². The van der Waals surface area contributed by atoms with Gasteiger partial charge in [-0.05, 0) is 66.7 Å². The highest BCUT2D eigenvalue weighted by Gasteiger charge is 2.17. The minimum atomic E-state index is -0.231. The van der Waals surface area contributed by atoms with E-state index in [1.807, 2.05) is 71.5 Å². The van der Waals surface area contributed by atoms with Crippen LogP contribution in [0.5, 0.6) is 17.2 Å². The summed E-state index contributed by atoms with van der Waals surface area (Å²) < 4.78 is 18.6. The molecule has 0 unspecified atom stereocenters. The van der Waals surface area contributed by atoms with Crippen LogP contribution in [0.3, 0.4) is 0 Å². The number of nitrogens with zero attached hydrogens (tertiary/aromatic N) is 3. The number of anilines is 1. The first kappa shape index (κ1) is 24.9. The zero-order valence-corrected chi connectivity index (χ0v) is 21.8. The number of carbonyl (C=O) groups excluding carboxylic acids is 1. The maximum Gasteiger partial charge on any atom is 0.255 e. The van der Waals surface area contributed by atoms with Crippen molar-refractivity contribution in [2.45, 2.75) is 0 Å². The molecule has 40 heavy (non-hydrogen) atoms. The lowest BCUT2D eigenvalue weighted by atomic mass is 10.1. The molecule has 5 aromatic rings. The van der Waals surface area contributed by atoms with Crippen molar-refractivity contribution in [3.63, 3.8) is 0 Å². The predicted molar refractivity (Wildman–Crippen MR) is 155 cm³/mol. The fourth-order valence-corrected chi connectivity index (χ4v) is 4.40. The van der Waals surface area contributed by atoms with Gasteiger partial charge in [0.15, 0.2) is 11.5 Å². The number of fused-ring (bicyclic) bond motifs is 1. The number of methoxy groups -OCH3 is 1. The zero-order valence-electron chi connectivity index (χ0n) is 21.8. The van der Waals surface area contributed by atoms with Crippen LogP contribution in [0, 0.1) is 0 Å². The van der Waals surface area contributed by atoms with Crippen LogP contribution < -0.4 is 19.5 Å². The number of aliphatic imine (C=N–C) groups is 1. The number of benzene rings is 4. The van der Waals surface area contributed by atoms with Gasteiger partial charge in [-0.15, -0.1) is 0 Å². The SMILES string of the molecule is COc1ccccc1NC(=O)c1ccc(N=Cc2cn(-c3ccccc3)nc2-c2ccc3c(c2)OCCO3)cc1. The Kier molecular flexibility index (Phi) is 6.96. The van der Waals surface area contributed by atoms with Gasteiger partial charge in [0.25, 0.3) is 5.91 Å². The second kappa shape index (κ2) is 11.2. The van der Waals surface area contributed by atoms with Crippen LogP contribution in [-0.4, -0.2) is 42.2 Å². The molecule has 8 heteroatoms. The Labute approximate surface area is 231 Å². The van der Waals surface area contributed by atoms with Crippen LogP contribution in [0.2, 0.25) is 0 Å². The van der Waals surface area contributed by atoms with Gasteiger partial charge in [0.2, 0.25) is 0 Å². The molecule has 0 radical (unpaired) electrons. The summed E-state index contributed by atoms with van der Waals surface area (Å²) in [5, 5.41) is 7.76. The Bertz CT molecular complexity index is 1680. The van der Waals surface area contributed by atoms with E-state index in [2.05, 4.69) is 10.3 Å². The van der Waals surface area contributed by atoms with Crippen molar-refractivity contribution in [2.24, 2.45) is 4.99 Å². The molecule has 198 valence electrons. The molecule has 0 bridgehead atoms. The average Bonchev–Trinajstić information content (AvgIpc) is 3.45. The van der Waals surface area contributed by atoms with Crippen LogP contribution in [0.15, 0.2) is 108 Å². The number of hydrogen-bond donors (Lipinski definition) is 1. The van der Waals surface area contributed by atoms with Crippen molar-refractivity contribution in [3.05, 3.63) is 114 Å². The van der Waals surface area contributed by atoms with Crippen LogP contribution in [-0.2, 0) is 0 Å². The van der Waals surface area contributed by atoms with Gasteiger partial charge in [-0.2, -0.15) is 5.10 Å². The summed E-state index contributed by atoms with van der Waals surface area (Å²) in [6, 6.07) is 30.1. The standard InChI is InChI=1S/C32H26N4O4/c1-38-28-10-6-5-9-27(28)34-32(37)22-11-14-25(15-12-22)33-20-24-21-36(26-7-3-2-4-8-26)35-31(24)23-13-16-29-30(19-23)40-18-17-39-29/h2-16,19-21H,17-18H2,1H3,(H,34,37). The Morgan fingerprint density at radius 1 is 0.925 bits per heavy atom. The Morgan fingerprint density at radius 3 is 2.48 bits per heavy atom.